The molecule has 0 fully saturated rings. The van der Waals surface area contributed by atoms with Gasteiger partial charge in [-0.1, -0.05) is 18.2 Å². The summed E-state index contributed by atoms with van der Waals surface area (Å²) in [5.74, 6) is -0.276. The van der Waals surface area contributed by atoms with Gasteiger partial charge in [0, 0.05) is 35.3 Å². The predicted molar refractivity (Wildman–Crippen MR) is 123 cm³/mol. The summed E-state index contributed by atoms with van der Waals surface area (Å²) in [5, 5.41) is 11.1. The van der Waals surface area contributed by atoms with Crippen molar-refractivity contribution < 1.29 is 9.59 Å². The number of benzene rings is 2. The first-order valence-corrected chi connectivity index (χ1v) is 9.93. The topological polar surface area (TPSA) is 87.7 Å². The number of hydrogen-bond donors (Lipinski definition) is 2. The average molecular weight is 410 g/mol. The Morgan fingerprint density at radius 1 is 1.00 bits per heavy atom. The van der Waals surface area contributed by atoms with E-state index in [0.717, 1.165) is 33.4 Å². The number of carbonyl (C=O) groups is 2. The fourth-order valence-corrected chi connectivity index (χ4v) is 3.52. The monoisotopic (exact) mass is 410 g/mol. The van der Waals surface area contributed by atoms with Gasteiger partial charge in [0.1, 0.15) is 0 Å². The number of fused-ring (bicyclic) bond motifs is 1. The van der Waals surface area contributed by atoms with E-state index in [1.54, 1.807) is 24.4 Å². The van der Waals surface area contributed by atoms with Crippen molar-refractivity contribution in [2.75, 3.05) is 5.32 Å². The van der Waals surface area contributed by atoms with Crippen molar-refractivity contribution in [2.45, 2.75) is 20.8 Å². The zero-order chi connectivity index (χ0) is 22.0. The third kappa shape index (κ3) is 4.28. The second-order valence-electron chi connectivity index (χ2n) is 7.45. The number of aromatic nitrogens is 3. The summed E-state index contributed by atoms with van der Waals surface area (Å²) in [6.45, 7) is 5.25. The van der Waals surface area contributed by atoms with Crippen molar-refractivity contribution in [3.63, 3.8) is 0 Å². The quantitative estimate of drug-likeness (QED) is 0.457. The van der Waals surface area contributed by atoms with Crippen LogP contribution in [0.3, 0.4) is 0 Å². The molecular formula is C25H22N4O2. The molecule has 0 radical (unpaired) electrons. The van der Waals surface area contributed by atoms with E-state index in [1.807, 2.05) is 56.3 Å². The van der Waals surface area contributed by atoms with Gasteiger partial charge >= 0.3 is 0 Å². The Bertz CT molecular complexity index is 1320. The maximum Gasteiger partial charge on any atom is 0.221 e. The number of amides is 1. The van der Waals surface area contributed by atoms with E-state index >= 15 is 0 Å². The summed E-state index contributed by atoms with van der Waals surface area (Å²) in [6.07, 6.45) is 5.53. The normalized spacial score (nSPS) is 11.2. The molecule has 4 rings (SSSR count). The van der Waals surface area contributed by atoms with Gasteiger partial charge in [-0.05, 0) is 67.5 Å². The molecule has 0 saturated carbocycles. The van der Waals surface area contributed by atoms with Gasteiger partial charge in [0.15, 0.2) is 5.78 Å². The highest BCUT2D eigenvalue weighted by Gasteiger charge is 2.16. The second-order valence-corrected chi connectivity index (χ2v) is 7.45. The van der Waals surface area contributed by atoms with Crippen molar-refractivity contribution in [1.82, 2.24) is 15.2 Å². The Morgan fingerprint density at radius 3 is 2.58 bits per heavy atom. The SMILES string of the molecule is CC(=O)Nc1cc(C(=O)c2ccc3c(/C=C/c4ccccn4)n[nH]c3c2)c(C)cc1C. The van der Waals surface area contributed by atoms with Crippen LogP contribution >= 0.6 is 0 Å². The molecule has 31 heavy (non-hydrogen) atoms. The molecule has 0 aliphatic heterocycles. The number of anilines is 1. The molecule has 0 bridgehead atoms. The van der Waals surface area contributed by atoms with Gasteiger partial charge in [0.2, 0.25) is 5.91 Å². The number of H-pyrrole nitrogens is 1. The molecule has 1 amide bonds. The van der Waals surface area contributed by atoms with Crippen molar-refractivity contribution in [3.8, 4) is 0 Å². The number of aromatic amines is 1. The summed E-state index contributed by atoms with van der Waals surface area (Å²) in [6, 6.07) is 14.9. The molecule has 0 aliphatic rings. The average Bonchev–Trinajstić information content (AvgIpc) is 3.16. The first kappa shape index (κ1) is 20.2. The van der Waals surface area contributed by atoms with Crippen LogP contribution < -0.4 is 5.32 Å². The molecule has 4 aromatic rings. The molecule has 0 aliphatic carbocycles. The van der Waals surface area contributed by atoms with Gasteiger partial charge < -0.3 is 5.32 Å². The molecule has 2 aromatic carbocycles. The summed E-state index contributed by atoms with van der Waals surface area (Å²) in [4.78, 5) is 29.0. The van der Waals surface area contributed by atoms with Gasteiger partial charge in [-0.25, -0.2) is 0 Å². The van der Waals surface area contributed by atoms with Crippen LogP contribution in [0.1, 0.15) is 45.4 Å². The molecule has 6 nitrogen and oxygen atoms in total. The lowest BCUT2D eigenvalue weighted by Crippen LogP contribution is -2.10. The lowest BCUT2D eigenvalue weighted by atomic mass is 9.95. The smallest absolute Gasteiger partial charge is 0.221 e. The minimum absolute atomic E-state index is 0.105. The summed E-state index contributed by atoms with van der Waals surface area (Å²) < 4.78 is 0. The molecule has 2 aromatic heterocycles. The van der Waals surface area contributed by atoms with E-state index in [-0.39, 0.29) is 11.7 Å². The number of carbonyl (C=O) groups excluding carboxylic acids is 2. The Morgan fingerprint density at radius 2 is 1.84 bits per heavy atom. The van der Waals surface area contributed by atoms with Crippen LogP contribution in [0.4, 0.5) is 5.69 Å². The fraction of sp³-hybridized carbons (Fsp3) is 0.120. The van der Waals surface area contributed by atoms with Crippen molar-refractivity contribution >= 4 is 40.4 Å². The van der Waals surface area contributed by atoms with E-state index in [0.29, 0.717) is 16.8 Å². The van der Waals surface area contributed by atoms with Crippen molar-refractivity contribution in [3.05, 3.63) is 88.4 Å². The molecule has 2 heterocycles. The van der Waals surface area contributed by atoms with E-state index in [1.165, 1.54) is 6.92 Å². The van der Waals surface area contributed by atoms with E-state index in [4.69, 9.17) is 0 Å². The van der Waals surface area contributed by atoms with Crippen LogP contribution in [0, 0.1) is 13.8 Å². The van der Waals surface area contributed by atoms with Crippen LogP contribution in [0.25, 0.3) is 23.1 Å². The molecule has 0 spiro atoms. The zero-order valence-corrected chi connectivity index (χ0v) is 17.6. The van der Waals surface area contributed by atoms with Crippen LogP contribution in [0.5, 0.6) is 0 Å². The molecule has 0 unspecified atom stereocenters. The molecule has 6 heteroatoms. The highest BCUT2D eigenvalue weighted by Crippen LogP contribution is 2.25. The Balaban J connectivity index is 1.66. The fourth-order valence-electron chi connectivity index (χ4n) is 3.52. The maximum atomic E-state index is 13.2. The highest BCUT2D eigenvalue weighted by molar-refractivity contribution is 6.12. The van der Waals surface area contributed by atoms with Crippen LogP contribution in [0.2, 0.25) is 0 Å². The summed E-state index contributed by atoms with van der Waals surface area (Å²) in [7, 11) is 0. The Kier molecular flexibility index (Phi) is 5.45. The number of rotatable bonds is 5. The molecule has 0 atom stereocenters. The lowest BCUT2D eigenvalue weighted by molar-refractivity contribution is -0.114. The van der Waals surface area contributed by atoms with Crippen LogP contribution in [0.15, 0.2) is 54.7 Å². The van der Waals surface area contributed by atoms with E-state index in [2.05, 4.69) is 20.5 Å². The van der Waals surface area contributed by atoms with Crippen molar-refractivity contribution in [1.29, 1.82) is 0 Å². The standard InChI is InChI=1S/C25H22N4O2/c1-15-12-16(2)23(27-17(3)30)14-21(15)25(31)18-7-9-20-22(28-29-24(20)13-18)10-8-19-6-4-5-11-26-19/h4-14H,1-3H3,(H,27,30)(H,28,29)/b10-8+. The largest absolute Gasteiger partial charge is 0.326 e. The number of ketones is 1. The number of pyridine rings is 1. The Labute approximate surface area is 180 Å². The molecule has 154 valence electrons. The zero-order valence-electron chi connectivity index (χ0n) is 17.6. The highest BCUT2D eigenvalue weighted by atomic mass is 16.1. The van der Waals surface area contributed by atoms with E-state index < -0.39 is 0 Å². The minimum Gasteiger partial charge on any atom is -0.326 e. The molecular weight excluding hydrogens is 388 g/mol. The lowest BCUT2D eigenvalue weighted by Gasteiger charge is -2.12. The van der Waals surface area contributed by atoms with Gasteiger partial charge in [0.05, 0.1) is 16.9 Å². The van der Waals surface area contributed by atoms with Gasteiger partial charge in [-0.15, -0.1) is 0 Å². The summed E-state index contributed by atoms with van der Waals surface area (Å²) >= 11 is 0. The van der Waals surface area contributed by atoms with Gasteiger partial charge in [0.25, 0.3) is 0 Å². The number of hydrogen-bond acceptors (Lipinski definition) is 4. The predicted octanol–water partition coefficient (Wildman–Crippen LogP) is 4.93. The third-order valence-corrected chi connectivity index (χ3v) is 5.08. The van der Waals surface area contributed by atoms with E-state index in [9.17, 15) is 9.59 Å². The van der Waals surface area contributed by atoms with Gasteiger partial charge in [-0.2, -0.15) is 5.10 Å². The number of nitrogens with zero attached hydrogens (tertiary/aromatic N) is 2. The number of nitrogens with one attached hydrogen (secondary N) is 2. The van der Waals surface area contributed by atoms with Gasteiger partial charge in [-0.3, -0.25) is 19.7 Å². The summed E-state index contributed by atoms with van der Waals surface area (Å²) in [5.41, 5.74) is 5.93. The second kappa shape index (κ2) is 8.36. The number of aryl methyl sites for hydroxylation is 2. The first-order valence-electron chi connectivity index (χ1n) is 9.93. The maximum absolute atomic E-state index is 13.2. The first-order chi connectivity index (χ1) is 14.9. The third-order valence-electron chi connectivity index (χ3n) is 5.08. The minimum atomic E-state index is -0.171. The van der Waals surface area contributed by atoms with Crippen LogP contribution in [-0.2, 0) is 4.79 Å². The molecule has 2 N–H and O–H groups in total. The Hall–Kier alpha value is -4.06. The van der Waals surface area contributed by atoms with Crippen molar-refractivity contribution in [2.24, 2.45) is 0 Å². The van der Waals surface area contributed by atoms with Crippen LogP contribution in [-0.4, -0.2) is 26.9 Å². The molecule has 0 saturated heterocycles.